The standard InChI is InChI=1S/C4H9NO4/c6-4(7)2-1-3-9-5-8/h5,8H,1-3H2,(H,6,7). The second-order valence-electron chi connectivity index (χ2n) is 1.44. The minimum atomic E-state index is -0.864. The Morgan fingerprint density at radius 2 is 2.33 bits per heavy atom. The lowest BCUT2D eigenvalue weighted by Gasteiger charge is -1.95. The lowest BCUT2D eigenvalue weighted by atomic mass is 10.3. The molecule has 0 bridgehead atoms. The molecule has 5 nitrogen and oxygen atoms in total. The van der Waals surface area contributed by atoms with E-state index in [1.807, 2.05) is 0 Å². The predicted molar refractivity (Wildman–Crippen MR) is 27.7 cm³/mol. The minimum absolute atomic E-state index is 0.0572. The van der Waals surface area contributed by atoms with Crippen LogP contribution in [-0.4, -0.2) is 22.9 Å². The normalized spacial score (nSPS) is 9.44. The summed E-state index contributed by atoms with van der Waals surface area (Å²) in [6, 6.07) is 0. The topological polar surface area (TPSA) is 78.8 Å². The monoisotopic (exact) mass is 135 g/mol. The highest BCUT2D eigenvalue weighted by Gasteiger charge is 1.94. The predicted octanol–water partition coefficient (Wildman–Crippen LogP) is -0.238. The van der Waals surface area contributed by atoms with Crippen LogP contribution >= 0.6 is 0 Å². The highest BCUT2D eigenvalue weighted by Crippen LogP contribution is 1.86. The van der Waals surface area contributed by atoms with E-state index in [4.69, 9.17) is 10.3 Å². The molecule has 0 saturated carbocycles. The highest BCUT2D eigenvalue weighted by atomic mass is 16.8. The van der Waals surface area contributed by atoms with Crippen LogP contribution in [0, 0.1) is 0 Å². The van der Waals surface area contributed by atoms with Gasteiger partial charge < -0.3 is 5.11 Å². The third kappa shape index (κ3) is 7.35. The zero-order valence-electron chi connectivity index (χ0n) is 4.83. The summed E-state index contributed by atoms with van der Waals surface area (Å²) < 4.78 is 0. The first kappa shape index (κ1) is 8.35. The molecule has 0 aliphatic carbocycles. The zero-order chi connectivity index (χ0) is 7.11. The SMILES string of the molecule is O=C(O)CCCONO. The molecule has 0 amide bonds. The number of carboxylic acid groups (broad SMARTS) is 1. The smallest absolute Gasteiger partial charge is 0.303 e. The number of aliphatic carboxylic acids is 1. The fourth-order valence-electron chi connectivity index (χ4n) is 0.341. The van der Waals surface area contributed by atoms with Crippen molar-refractivity contribution in [3.05, 3.63) is 0 Å². The molecule has 3 N–H and O–H groups in total. The Balaban J connectivity index is 2.83. The molecule has 9 heavy (non-hydrogen) atoms. The van der Waals surface area contributed by atoms with Crippen molar-refractivity contribution >= 4 is 5.97 Å². The van der Waals surface area contributed by atoms with E-state index >= 15 is 0 Å². The molecule has 0 aliphatic rings. The van der Waals surface area contributed by atoms with Crippen molar-refractivity contribution in [1.29, 1.82) is 0 Å². The van der Waals surface area contributed by atoms with Crippen LogP contribution in [0.15, 0.2) is 0 Å². The summed E-state index contributed by atoms with van der Waals surface area (Å²) in [6.07, 6.45) is 0.449. The van der Waals surface area contributed by atoms with E-state index in [9.17, 15) is 4.79 Å². The minimum Gasteiger partial charge on any atom is -0.481 e. The van der Waals surface area contributed by atoms with Crippen LogP contribution in [0.5, 0.6) is 0 Å². The maximum absolute atomic E-state index is 9.82. The molecular formula is C4H9NO4. The van der Waals surface area contributed by atoms with Gasteiger partial charge in [-0.2, -0.15) is 0 Å². The lowest BCUT2D eigenvalue weighted by Crippen LogP contribution is -2.10. The Morgan fingerprint density at radius 3 is 2.78 bits per heavy atom. The molecule has 0 spiro atoms. The Labute approximate surface area is 52.2 Å². The summed E-state index contributed by atoms with van der Waals surface area (Å²) in [5.41, 5.74) is 1.45. The molecule has 0 fully saturated rings. The Morgan fingerprint density at radius 1 is 1.67 bits per heavy atom. The van der Waals surface area contributed by atoms with Gasteiger partial charge in [0.15, 0.2) is 0 Å². The molecule has 0 atom stereocenters. The molecular weight excluding hydrogens is 126 g/mol. The number of carbonyl (C=O) groups is 1. The molecule has 0 aliphatic heterocycles. The van der Waals surface area contributed by atoms with Crippen LogP contribution < -0.4 is 5.64 Å². The van der Waals surface area contributed by atoms with Gasteiger partial charge in [-0.1, -0.05) is 5.64 Å². The number of hydrogen-bond acceptors (Lipinski definition) is 4. The summed E-state index contributed by atoms with van der Waals surface area (Å²) in [4.78, 5) is 14.1. The zero-order valence-corrected chi connectivity index (χ0v) is 4.83. The first-order chi connectivity index (χ1) is 4.27. The Kier molecular flexibility index (Phi) is 5.09. The van der Waals surface area contributed by atoms with Gasteiger partial charge in [-0.15, -0.1) is 0 Å². The summed E-state index contributed by atoms with van der Waals surface area (Å²) in [6.45, 7) is 0.197. The van der Waals surface area contributed by atoms with Crippen molar-refractivity contribution in [2.24, 2.45) is 0 Å². The number of carboxylic acids is 1. The Bertz CT molecular complexity index is 84.6. The molecule has 0 unspecified atom stereocenters. The van der Waals surface area contributed by atoms with Crippen molar-refractivity contribution in [3.8, 4) is 0 Å². The molecule has 5 heteroatoms. The summed E-state index contributed by atoms with van der Waals surface area (Å²) >= 11 is 0. The van der Waals surface area contributed by atoms with Crippen molar-refractivity contribution in [2.45, 2.75) is 12.8 Å². The van der Waals surface area contributed by atoms with E-state index in [0.29, 0.717) is 6.42 Å². The van der Waals surface area contributed by atoms with Gasteiger partial charge in [0.25, 0.3) is 0 Å². The van der Waals surface area contributed by atoms with Crippen LogP contribution in [0.3, 0.4) is 0 Å². The van der Waals surface area contributed by atoms with Gasteiger partial charge in [0.2, 0.25) is 0 Å². The average Bonchev–Trinajstić information content (AvgIpc) is 1.80. The van der Waals surface area contributed by atoms with Crippen molar-refractivity contribution < 1.29 is 19.9 Å². The molecule has 54 valence electrons. The first-order valence-electron chi connectivity index (χ1n) is 2.50. The summed E-state index contributed by atoms with van der Waals surface area (Å²) in [7, 11) is 0. The average molecular weight is 135 g/mol. The number of rotatable bonds is 5. The van der Waals surface area contributed by atoms with Gasteiger partial charge >= 0.3 is 5.97 Å². The van der Waals surface area contributed by atoms with Crippen LogP contribution in [0.1, 0.15) is 12.8 Å². The van der Waals surface area contributed by atoms with E-state index in [0.717, 1.165) is 0 Å². The number of hydrogen-bond donors (Lipinski definition) is 3. The van der Waals surface area contributed by atoms with Gasteiger partial charge in [0.05, 0.1) is 6.61 Å². The lowest BCUT2D eigenvalue weighted by molar-refractivity contribution is -0.141. The maximum Gasteiger partial charge on any atom is 0.303 e. The Hall–Kier alpha value is -0.650. The second kappa shape index (κ2) is 5.49. The highest BCUT2D eigenvalue weighted by molar-refractivity contribution is 5.66. The number of nitrogens with one attached hydrogen (secondary N) is 1. The van der Waals surface area contributed by atoms with Crippen LogP contribution in [-0.2, 0) is 9.63 Å². The summed E-state index contributed by atoms with van der Waals surface area (Å²) in [5.74, 6) is -0.864. The third-order valence-electron chi connectivity index (χ3n) is 0.702. The molecule has 0 saturated heterocycles. The van der Waals surface area contributed by atoms with Crippen molar-refractivity contribution in [2.75, 3.05) is 6.61 Å². The maximum atomic E-state index is 9.82. The first-order valence-corrected chi connectivity index (χ1v) is 2.50. The van der Waals surface area contributed by atoms with Crippen LogP contribution in [0.2, 0.25) is 0 Å². The fourth-order valence-corrected chi connectivity index (χ4v) is 0.341. The van der Waals surface area contributed by atoms with E-state index in [2.05, 4.69) is 4.84 Å². The van der Waals surface area contributed by atoms with Gasteiger partial charge in [0, 0.05) is 6.42 Å². The fraction of sp³-hybridized carbons (Fsp3) is 0.750. The van der Waals surface area contributed by atoms with Crippen LogP contribution in [0.25, 0.3) is 0 Å². The molecule has 0 aromatic rings. The van der Waals surface area contributed by atoms with Gasteiger partial charge in [-0.25, -0.2) is 0 Å². The second-order valence-corrected chi connectivity index (χ2v) is 1.44. The quantitative estimate of drug-likeness (QED) is 0.358. The van der Waals surface area contributed by atoms with Gasteiger partial charge in [-0.05, 0) is 6.42 Å². The van der Waals surface area contributed by atoms with Crippen LogP contribution in [0.4, 0.5) is 0 Å². The van der Waals surface area contributed by atoms with E-state index < -0.39 is 5.97 Å². The van der Waals surface area contributed by atoms with Crippen molar-refractivity contribution in [3.63, 3.8) is 0 Å². The third-order valence-corrected chi connectivity index (χ3v) is 0.702. The summed E-state index contributed by atoms with van der Waals surface area (Å²) in [5, 5.41) is 15.9. The van der Waals surface area contributed by atoms with E-state index in [1.54, 1.807) is 0 Å². The molecule has 0 heterocycles. The molecule has 0 aromatic heterocycles. The molecule has 0 rings (SSSR count). The van der Waals surface area contributed by atoms with Crippen molar-refractivity contribution in [1.82, 2.24) is 5.64 Å². The van der Waals surface area contributed by atoms with Gasteiger partial charge in [0.1, 0.15) is 0 Å². The van der Waals surface area contributed by atoms with E-state index in [1.165, 1.54) is 5.64 Å². The molecule has 0 radical (unpaired) electrons. The van der Waals surface area contributed by atoms with E-state index in [-0.39, 0.29) is 13.0 Å². The van der Waals surface area contributed by atoms with Gasteiger partial charge in [-0.3, -0.25) is 14.8 Å². The molecule has 0 aromatic carbocycles. The largest absolute Gasteiger partial charge is 0.481 e.